The number of anilines is 2. The van der Waals surface area contributed by atoms with Crippen molar-refractivity contribution in [3.63, 3.8) is 0 Å². The van der Waals surface area contributed by atoms with E-state index in [1.54, 1.807) is 4.90 Å². The Morgan fingerprint density at radius 3 is 2.66 bits per heavy atom. The first kappa shape index (κ1) is 19.6. The van der Waals surface area contributed by atoms with Gasteiger partial charge in [0, 0.05) is 44.0 Å². The van der Waals surface area contributed by atoms with E-state index in [1.165, 1.54) is 0 Å². The van der Waals surface area contributed by atoms with Crippen molar-refractivity contribution in [2.45, 2.75) is 38.2 Å². The summed E-state index contributed by atoms with van der Waals surface area (Å²) in [6, 6.07) is 9.58. The number of nitrogens with one attached hydrogen (secondary N) is 1. The van der Waals surface area contributed by atoms with E-state index in [0.717, 1.165) is 42.0 Å². The maximum absolute atomic E-state index is 13.4. The molecule has 1 aromatic carbocycles. The van der Waals surface area contributed by atoms with Crippen LogP contribution in [-0.4, -0.2) is 49.0 Å². The number of aryl methyl sites for hydroxylation is 1. The fourth-order valence-electron chi connectivity index (χ4n) is 4.07. The first-order valence-corrected chi connectivity index (χ1v) is 10.1. The highest BCUT2D eigenvalue weighted by molar-refractivity contribution is 5.79. The third kappa shape index (κ3) is 4.83. The van der Waals surface area contributed by atoms with Gasteiger partial charge in [-0.3, -0.25) is 9.78 Å². The zero-order valence-corrected chi connectivity index (χ0v) is 16.6. The van der Waals surface area contributed by atoms with Gasteiger partial charge in [-0.1, -0.05) is 12.1 Å². The zero-order valence-electron chi connectivity index (χ0n) is 16.6. The maximum atomic E-state index is 13.4. The molecule has 0 bridgehead atoms. The molecule has 0 saturated carbocycles. The summed E-state index contributed by atoms with van der Waals surface area (Å²) < 4.78 is 26.8. The van der Waals surface area contributed by atoms with Crippen LogP contribution in [0, 0.1) is 6.92 Å². The Kier molecular flexibility index (Phi) is 5.39. The van der Waals surface area contributed by atoms with Gasteiger partial charge in [0.2, 0.25) is 5.91 Å². The van der Waals surface area contributed by atoms with E-state index in [1.807, 2.05) is 43.6 Å². The molecular formula is C22H26F2N4O. The molecule has 4 rings (SSSR count). The Labute approximate surface area is 169 Å². The number of alkyl halides is 2. The zero-order chi connectivity index (χ0) is 20.4. The van der Waals surface area contributed by atoms with E-state index in [9.17, 15) is 13.6 Å². The molecule has 2 aliphatic heterocycles. The van der Waals surface area contributed by atoms with Crippen LogP contribution in [0.5, 0.6) is 0 Å². The molecule has 154 valence electrons. The van der Waals surface area contributed by atoms with Gasteiger partial charge < -0.3 is 15.1 Å². The molecule has 0 spiro atoms. The van der Waals surface area contributed by atoms with Crippen LogP contribution in [0.15, 0.2) is 42.7 Å². The summed E-state index contributed by atoms with van der Waals surface area (Å²) in [7, 11) is 0. The highest BCUT2D eigenvalue weighted by Gasteiger charge is 2.38. The van der Waals surface area contributed by atoms with Crippen molar-refractivity contribution < 1.29 is 13.6 Å². The predicted octanol–water partition coefficient (Wildman–Crippen LogP) is 3.17. The van der Waals surface area contributed by atoms with Crippen molar-refractivity contribution in [3.8, 4) is 0 Å². The van der Waals surface area contributed by atoms with E-state index < -0.39 is 5.92 Å². The lowest BCUT2D eigenvalue weighted by Crippen LogP contribution is -2.38. The van der Waals surface area contributed by atoms with Gasteiger partial charge in [0.15, 0.2) is 0 Å². The fraction of sp³-hybridized carbons (Fsp3) is 0.455. The summed E-state index contributed by atoms with van der Waals surface area (Å²) in [5.41, 5.74) is 3.88. The van der Waals surface area contributed by atoms with Gasteiger partial charge in [-0.25, -0.2) is 8.78 Å². The van der Waals surface area contributed by atoms with E-state index in [-0.39, 0.29) is 24.9 Å². The van der Waals surface area contributed by atoms with E-state index >= 15 is 0 Å². The summed E-state index contributed by atoms with van der Waals surface area (Å²) in [5, 5.41) is 3.11. The predicted molar refractivity (Wildman–Crippen MR) is 110 cm³/mol. The van der Waals surface area contributed by atoms with Crippen molar-refractivity contribution in [2.75, 3.05) is 36.0 Å². The molecule has 1 aromatic heterocycles. The third-order valence-electron chi connectivity index (χ3n) is 5.61. The van der Waals surface area contributed by atoms with Crippen LogP contribution < -0.4 is 15.1 Å². The van der Waals surface area contributed by atoms with E-state index in [0.29, 0.717) is 13.0 Å². The Balaban J connectivity index is 1.28. The Morgan fingerprint density at radius 1 is 1.17 bits per heavy atom. The lowest BCUT2D eigenvalue weighted by atomic mass is 10.1. The number of aromatic nitrogens is 1. The number of rotatable bonds is 5. The number of pyridine rings is 1. The van der Waals surface area contributed by atoms with Gasteiger partial charge in [0.25, 0.3) is 5.92 Å². The molecule has 2 aliphatic rings. The van der Waals surface area contributed by atoms with Crippen molar-refractivity contribution >= 4 is 17.3 Å². The molecule has 0 aliphatic carbocycles. The molecule has 0 unspecified atom stereocenters. The van der Waals surface area contributed by atoms with E-state index in [2.05, 4.69) is 21.3 Å². The summed E-state index contributed by atoms with van der Waals surface area (Å²) >= 11 is 0. The van der Waals surface area contributed by atoms with Crippen LogP contribution >= 0.6 is 0 Å². The molecule has 5 nitrogen and oxygen atoms in total. The van der Waals surface area contributed by atoms with Crippen LogP contribution in [0.3, 0.4) is 0 Å². The molecule has 1 atom stereocenters. The van der Waals surface area contributed by atoms with Crippen molar-refractivity contribution in [3.05, 3.63) is 53.9 Å². The first-order chi connectivity index (χ1) is 13.9. The average Bonchev–Trinajstić information content (AvgIpc) is 3.28. The van der Waals surface area contributed by atoms with Crippen LogP contribution in [0.1, 0.15) is 24.0 Å². The number of nitrogens with zero attached hydrogens (tertiary/aromatic N) is 3. The highest BCUT2D eigenvalue weighted by atomic mass is 19.3. The number of amides is 1. The van der Waals surface area contributed by atoms with Crippen LogP contribution in [-0.2, 0) is 11.2 Å². The van der Waals surface area contributed by atoms with Gasteiger partial charge in [0.1, 0.15) is 0 Å². The molecule has 7 heteroatoms. The topological polar surface area (TPSA) is 48.5 Å². The Morgan fingerprint density at radius 2 is 1.97 bits per heavy atom. The van der Waals surface area contributed by atoms with Crippen LogP contribution in [0.4, 0.5) is 20.2 Å². The van der Waals surface area contributed by atoms with Crippen LogP contribution in [0.25, 0.3) is 0 Å². The molecule has 1 N–H and O–H groups in total. The van der Waals surface area contributed by atoms with Crippen molar-refractivity contribution in [1.29, 1.82) is 0 Å². The summed E-state index contributed by atoms with van der Waals surface area (Å²) in [6.07, 6.45) is 4.78. The second-order valence-electron chi connectivity index (χ2n) is 8.09. The first-order valence-electron chi connectivity index (χ1n) is 10.1. The summed E-state index contributed by atoms with van der Waals surface area (Å²) in [5.74, 6) is -2.62. The van der Waals surface area contributed by atoms with Crippen molar-refractivity contribution in [1.82, 2.24) is 10.3 Å². The normalized spacial score (nSPS) is 20.9. The third-order valence-corrected chi connectivity index (χ3v) is 5.61. The standard InChI is InChI=1S/C22H26F2N4O/c1-16-10-20(13-25-12-16)27-8-6-18(14-27)26-21(29)11-17-2-4-19(5-3-17)28-9-7-22(23,24)15-28/h2-5,10,12-13,18H,6-9,11,14-15H2,1H3,(H,26,29)/t18-/m1/s1. The molecule has 1 amide bonds. The molecule has 29 heavy (non-hydrogen) atoms. The minimum absolute atomic E-state index is 0.0142. The summed E-state index contributed by atoms with van der Waals surface area (Å²) in [6.45, 7) is 3.82. The lowest BCUT2D eigenvalue weighted by molar-refractivity contribution is -0.121. The van der Waals surface area contributed by atoms with Gasteiger partial charge in [-0.15, -0.1) is 0 Å². The van der Waals surface area contributed by atoms with Gasteiger partial charge in [0.05, 0.1) is 24.8 Å². The molecule has 2 saturated heterocycles. The van der Waals surface area contributed by atoms with Gasteiger partial charge in [-0.05, 0) is 42.7 Å². The maximum Gasteiger partial charge on any atom is 0.266 e. The quantitative estimate of drug-likeness (QED) is 0.838. The molecule has 2 aromatic rings. The number of carbonyl (C=O) groups is 1. The second kappa shape index (κ2) is 7.97. The number of halogens is 2. The van der Waals surface area contributed by atoms with Crippen LogP contribution in [0.2, 0.25) is 0 Å². The molecular weight excluding hydrogens is 374 g/mol. The molecule has 2 fully saturated rings. The molecule has 3 heterocycles. The molecule has 0 radical (unpaired) electrons. The lowest BCUT2D eigenvalue weighted by Gasteiger charge is -2.19. The minimum Gasteiger partial charge on any atom is -0.368 e. The second-order valence-corrected chi connectivity index (χ2v) is 8.09. The minimum atomic E-state index is -2.61. The average molecular weight is 400 g/mol. The Hall–Kier alpha value is -2.70. The van der Waals surface area contributed by atoms with Gasteiger partial charge in [-0.2, -0.15) is 0 Å². The smallest absolute Gasteiger partial charge is 0.266 e. The highest BCUT2D eigenvalue weighted by Crippen LogP contribution is 2.30. The van der Waals surface area contributed by atoms with E-state index in [4.69, 9.17) is 0 Å². The number of hydrogen-bond donors (Lipinski definition) is 1. The SMILES string of the molecule is Cc1cncc(N2CC[C@@H](NC(=O)Cc3ccc(N4CCC(F)(F)C4)cc3)C2)c1. The fourth-order valence-corrected chi connectivity index (χ4v) is 4.07. The Bertz CT molecular complexity index is 871. The number of benzene rings is 1. The van der Waals surface area contributed by atoms with Crippen molar-refractivity contribution in [2.24, 2.45) is 0 Å². The monoisotopic (exact) mass is 400 g/mol. The number of carbonyl (C=O) groups excluding carboxylic acids is 1. The summed E-state index contributed by atoms with van der Waals surface area (Å²) in [4.78, 5) is 20.6. The number of hydrogen-bond acceptors (Lipinski definition) is 4. The van der Waals surface area contributed by atoms with Gasteiger partial charge >= 0.3 is 0 Å². The largest absolute Gasteiger partial charge is 0.368 e.